The summed E-state index contributed by atoms with van der Waals surface area (Å²) in [4.78, 5) is 12.1. The maximum Gasteiger partial charge on any atom is 0.416 e. The first-order valence-corrected chi connectivity index (χ1v) is 10.9. The van der Waals surface area contributed by atoms with Crippen LogP contribution in [0.2, 0.25) is 0 Å². The number of halogens is 3. The molecule has 3 rings (SSSR count). The molecule has 0 aliphatic carbocycles. The molecule has 1 amide bonds. The Kier molecular flexibility index (Phi) is 7.14. The fourth-order valence-electron chi connectivity index (χ4n) is 2.92. The van der Waals surface area contributed by atoms with Crippen molar-refractivity contribution in [2.75, 3.05) is 26.3 Å². The van der Waals surface area contributed by atoms with E-state index in [1.165, 1.54) is 40.7 Å². The van der Waals surface area contributed by atoms with Gasteiger partial charge in [0.05, 0.1) is 23.7 Å². The molecule has 2 aromatic rings. The Balaban J connectivity index is 1.54. The molecule has 2 aromatic carbocycles. The van der Waals surface area contributed by atoms with Gasteiger partial charge in [-0.05, 0) is 41.5 Å². The summed E-state index contributed by atoms with van der Waals surface area (Å²) in [5.74, 6) is -0.426. The summed E-state index contributed by atoms with van der Waals surface area (Å²) in [7, 11) is -3.58. The molecule has 0 saturated carbocycles. The third-order valence-electron chi connectivity index (χ3n) is 4.66. The zero-order valence-electron chi connectivity index (χ0n) is 16.4. The summed E-state index contributed by atoms with van der Waals surface area (Å²) in [5.41, 5.74) is 0.409. The Morgan fingerprint density at radius 2 is 1.65 bits per heavy atom. The molecular weight excluding hydrogens is 433 g/mol. The number of hydrogen-bond donors (Lipinski definition) is 1. The van der Waals surface area contributed by atoms with Crippen LogP contribution in [0.5, 0.6) is 0 Å². The summed E-state index contributed by atoms with van der Waals surface area (Å²) in [6, 6.07) is 10.7. The molecule has 31 heavy (non-hydrogen) atoms. The van der Waals surface area contributed by atoms with Crippen molar-refractivity contribution in [1.29, 1.82) is 0 Å². The van der Waals surface area contributed by atoms with Crippen molar-refractivity contribution in [2.45, 2.75) is 17.6 Å². The predicted octanol–water partition coefficient (Wildman–Crippen LogP) is 3.06. The predicted molar refractivity (Wildman–Crippen MR) is 108 cm³/mol. The molecule has 1 fully saturated rings. The lowest BCUT2D eigenvalue weighted by Crippen LogP contribution is -2.40. The standard InChI is InChI=1S/C21H21F3N2O4S/c22-21(23,24)18-6-1-16(2-7-18)5-10-20(27)25-15-17-3-8-19(9-4-17)31(28,29)26-11-13-30-14-12-26/h1-10H,11-15H2,(H,25,27)/b10-5+. The molecule has 166 valence electrons. The number of nitrogens with zero attached hydrogens (tertiary/aromatic N) is 1. The van der Waals surface area contributed by atoms with Crippen LogP contribution in [0, 0.1) is 0 Å². The van der Waals surface area contributed by atoms with Crippen molar-refractivity contribution in [3.8, 4) is 0 Å². The van der Waals surface area contributed by atoms with E-state index in [1.807, 2.05) is 0 Å². The van der Waals surface area contributed by atoms with Crippen LogP contribution in [0.1, 0.15) is 16.7 Å². The van der Waals surface area contributed by atoms with Gasteiger partial charge in [0.1, 0.15) is 0 Å². The number of morpholine rings is 1. The van der Waals surface area contributed by atoms with Crippen LogP contribution in [-0.2, 0) is 32.3 Å². The highest BCUT2D eigenvalue weighted by Crippen LogP contribution is 2.29. The normalized spacial score (nSPS) is 15.8. The van der Waals surface area contributed by atoms with Gasteiger partial charge in [-0.1, -0.05) is 24.3 Å². The van der Waals surface area contributed by atoms with Crippen LogP contribution in [0.25, 0.3) is 6.08 Å². The Morgan fingerprint density at radius 3 is 2.23 bits per heavy atom. The topological polar surface area (TPSA) is 75.7 Å². The van der Waals surface area contributed by atoms with E-state index in [2.05, 4.69) is 5.32 Å². The van der Waals surface area contributed by atoms with Crippen LogP contribution >= 0.6 is 0 Å². The molecule has 1 saturated heterocycles. The Labute approximate surface area is 178 Å². The minimum Gasteiger partial charge on any atom is -0.379 e. The first-order chi connectivity index (χ1) is 14.7. The molecule has 6 nitrogen and oxygen atoms in total. The summed E-state index contributed by atoms with van der Waals surface area (Å²) >= 11 is 0. The van der Waals surface area contributed by atoms with Crippen molar-refractivity contribution < 1.29 is 31.1 Å². The molecule has 0 bridgehead atoms. The fourth-order valence-corrected chi connectivity index (χ4v) is 4.33. The lowest BCUT2D eigenvalue weighted by Gasteiger charge is -2.26. The summed E-state index contributed by atoms with van der Waals surface area (Å²) in [6.45, 7) is 1.53. The zero-order chi connectivity index (χ0) is 22.5. The summed E-state index contributed by atoms with van der Waals surface area (Å²) < 4.78 is 69.4. The number of sulfonamides is 1. The molecular formula is C21H21F3N2O4S. The quantitative estimate of drug-likeness (QED) is 0.681. The summed E-state index contributed by atoms with van der Waals surface area (Å²) in [6.07, 6.45) is -1.77. The minimum atomic E-state index is -4.41. The third-order valence-corrected chi connectivity index (χ3v) is 6.58. The molecule has 0 radical (unpaired) electrons. The fraction of sp³-hybridized carbons (Fsp3) is 0.286. The van der Waals surface area contributed by atoms with E-state index >= 15 is 0 Å². The Morgan fingerprint density at radius 1 is 1.03 bits per heavy atom. The van der Waals surface area contributed by atoms with Gasteiger partial charge in [0, 0.05) is 25.7 Å². The van der Waals surface area contributed by atoms with Crippen LogP contribution in [0.3, 0.4) is 0 Å². The third kappa shape index (κ3) is 6.16. The number of amides is 1. The largest absolute Gasteiger partial charge is 0.416 e. The zero-order valence-corrected chi connectivity index (χ0v) is 17.2. The maximum absolute atomic E-state index is 12.6. The van der Waals surface area contributed by atoms with Gasteiger partial charge < -0.3 is 10.1 Å². The van der Waals surface area contributed by atoms with Crippen LogP contribution < -0.4 is 5.32 Å². The van der Waals surface area contributed by atoms with Crippen LogP contribution in [0.15, 0.2) is 59.5 Å². The molecule has 1 N–H and O–H groups in total. The number of carbonyl (C=O) groups is 1. The highest BCUT2D eigenvalue weighted by molar-refractivity contribution is 7.89. The van der Waals surface area contributed by atoms with E-state index in [9.17, 15) is 26.4 Å². The average molecular weight is 454 g/mol. The van der Waals surface area contributed by atoms with Crippen molar-refractivity contribution in [3.05, 3.63) is 71.3 Å². The average Bonchev–Trinajstić information content (AvgIpc) is 2.77. The molecule has 0 spiro atoms. The van der Waals surface area contributed by atoms with E-state index in [-0.39, 0.29) is 11.4 Å². The number of hydrogen-bond acceptors (Lipinski definition) is 4. The second kappa shape index (κ2) is 9.63. The second-order valence-corrected chi connectivity index (χ2v) is 8.77. The number of carbonyl (C=O) groups excluding carboxylic acids is 1. The number of ether oxygens (including phenoxy) is 1. The van der Waals surface area contributed by atoms with Gasteiger partial charge in [0.15, 0.2) is 0 Å². The van der Waals surface area contributed by atoms with E-state index in [0.717, 1.165) is 12.1 Å². The molecule has 0 atom stereocenters. The highest BCUT2D eigenvalue weighted by Gasteiger charge is 2.29. The van der Waals surface area contributed by atoms with Crippen molar-refractivity contribution in [3.63, 3.8) is 0 Å². The van der Waals surface area contributed by atoms with Crippen LogP contribution in [-0.4, -0.2) is 44.9 Å². The molecule has 1 aliphatic rings. The summed E-state index contributed by atoms with van der Waals surface area (Å²) in [5, 5.41) is 2.64. The van der Waals surface area contributed by atoms with Crippen molar-refractivity contribution >= 4 is 22.0 Å². The van der Waals surface area contributed by atoms with Gasteiger partial charge in [-0.3, -0.25) is 4.79 Å². The number of rotatable bonds is 6. The van der Waals surface area contributed by atoms with Crippen molar-refractivity contribution in [2.24, 2.45) is 0 Å². The molecule has 0 aromatic heterocycles. The molecule has 1 aliphatic heterocycles. The number of benzene rings is 2. The lowest BCUT2D eigenvalue weighted by molar-refractivity contribution is -0.137. The SMILES string of the molecule is O=C(/C=C/c1ccc(C(F)(F)F)cc1)NCc1ccc(S(=O)(=O)N2CCOCC2)cc1. The van der Waals surface area contributed by atoms with Gasteiger partial charge in [-0.2, -0.15) is 17.5 Å². The Bertz CT molecular complexity index is 1030. The monoisotopic (exact) mass is 454 g/mol. The first-order valence-electron chi connectivity index (χ1n) is 9.46. The van der Waals surface area contributed by atoms with Gasteiger partial charge in [-0.15, -0.1) is 0 Å². The molecule has 10 heteroatoms. The highest BCUT2D eigenvalue weighted by atomic mass is 32.2. The van der Waals surface area contributed by atoms with Gasteiger partial charge >= 0.3 is 6.18 Å². The maximum atomic E-state index is 12.6. The first kappa shape index (κ1) is 23.0. The minimum absolute atomic E-state index is 0.173. The van der Waals surface area contributed by atoms with E-state index in [4.69, 9.17) is 4.74 Å². The van der Waals surface area contributed by atoms with E-state index in [0.29, 0.717) is 37.4 Å². The van der Waals surface area contributed by atoms with Gasteiger partial charge in [0.25, 0.3) is 0 Å². The van der Waals surface area contributed by atoms with Crippen molar-refractivity contribution in [1.82, 2.24) is 9.62 Å². The Hall–Kier alpha value is -2.69. The molecule has 1 heterocycles. The van der Waals surface area contributed by atoms with E-state index < -0.39 is 27.7 Å². The van der Waals surface area contributed by atoms with Gasteiger partial charge in [-0.25, -0.2) is 8.42 Å². The number of nitrogens with one attached hydrogen (secondary N) is 1. The second-order valence-electron chi connectivity index (χ2n) is 6.83. The lowest BCUT2D eigenvalue weighted by atomic mass is 10.1. The molecule has 0 unspecified atom stereocenters. The van der Waals surface area contributed by atoms with Gasteiger partial charge in [0.2, 0.25) is 15.9 Å². The van der Waals surface area contributed by atoms with E-state index in [1.54, 1.807) is 12.1 Å². The van der Waals surface area contributed by atoms with Crippen LogP contribution in [0.4, 0.5) is 13.2 Å². The smallest absolute Gasteiger partial charge is 0.379 e. The number of alkyl halides is 3.